The van der Waals surface area contributed by atoms with Gasteiger partial charge in [-0.15, -0.1) is 6.58 Å². The number of hydrogen-bond donors (Lipinski definition) is 0. The molecule has 0 N–H and O–H groups in total. The first kappa shape index (κ1) is 26.6. The van der Waals surface area contributed by atoms with Gasteiger partial charge in [0.15, 0.2) is 35.6 Å². The summed E-state index contributed by atoms with van der Waals surface area (Å²) in [5.74, 6) is -7.06. The van der Waals surface area contributed by atoms with E-state index in [1.165, 1.54) is 12.1 Å². The molecule has 0 bridgehead atoms. The third-order valence-electron chi connectivity index (χ3n) is 6.43. The van der Waals surface area contributed by atoms with Gasteiger partial charge >= 0.3 is 6.11 Å². The van der Waals surface area contributed by atoms with Gasteiger partial charge in [0.05, 0.1) is 0 Å². The van der Waals surface area contributed by atoms with E-state index in [1.807, 2.05) is 6.08 Å². The molecule has 2 nitrogen and oxygen atoms in total. The van der Waals surface area contributed by atoms with Gasteiger partial charge in [-0.25, -0.2) is 22.0 Å². The van der Waals surface area contributed by atoms with Crippen molar-refractivity contribution in [1.82, 2.24) is 0 Å². The minimum atomic E-state index is -3.96. The molecule has 0 spiro atoms. The van der Waals surface area contributed by atoms with Crippen molar-refractivity contribution in [3.8, 4) is 22.6 Å². The highest BCUT2D eigenvalue weighted by atomic mass is 19.3. The van der Waals surface area contributed by atoms with Crippen molar-refractivity contribution in [3.05, 3.63) is 95.8 Å². The molecule has 3 aromatic carbocycles. The summed E-state index contributed by atoms with van der Waals surface area (Å²) in [4.78, 5) is 0. The molecule has 1 fully saturated rings. The number of allylic oxidation sites excluding steroid dienone is 1. The van der Waals surface area contributed by atoms with Crippen LogP contribution in [-0.4, -0.2) is 12.7 Å². The van der Waals surface area contributed by atoms with Crippen LogP contribution in [0.4, 0.5) is 30.7 Å². The summed E-state index contributed by atoms with van der Waals surface area (Å²) in [6.07, 6.45) is 1.63. The Balaban J connectivity index is 1.39. The van der Waals surface area contributed by atoms with Gasteiger partial charge in [-0.2, -0.15) is 8.78 Å². The molecule has 9 heteroatoms. The molecular weight excluding hydrogens is 501 g/mol. The first-order valence-corrected chi connectivity index (χ1v) is 11.6. The number of ether oxygens (including phenoxy) is 2. The van der Waals surface area contributed by atoms with Gasteiger partial charge in [0, 0.05) is 11.6 Å². The van der Waals surface area contributed by atoms with Crippen molar-refractivity contribution in [1.29, 1.82) is 0 Å². The van der Waals surface area contributed by atoms with Crippen LogP contribution in [0.3, 0.4) is 0 Å². The van der Waals surface area contributed by atoms with Gasteiger partial charge < -0.3 is 9.47 Å². The van der Waals surface area contributed by atoms with Crippen LogP contribution in [0.15, 0.2) is 61.2 Å². The number of halogens is 7. The molecule has 0 aromatic heterocycles. The first-order valence-electron chi connectivity index (χ1n) is 11.6. The van der Waals surface area contributed by atoms with Crippen molar-refractivity contribution in [3.63, 3.8) is 0 Å². The second kappa shape index (κ2) is 10.9. The normalized spacial score (nSPS) is 17.9. The van der Waals surface area contributed by atoms with E-state index in [4.69, 9.17) is 4.74 Å². The highest BCUT2D eigenvalue weighted by Crippen LogP contribution is 2.37. The van der Waals surface area contributed by atoms with Gasteiger partial charge in [-0.3, -0.25) is 0 Å². The van der Waals surface area contributed by atoms with Crippen LogP contribution in [-0.2, 0) is 0 Å². The van der Waals surface area contributed by atoms with Crippen LogP contribution in [0, 0.1) is 35.0 Å². The second-order valence-electron chi connectivity index (χ2n) is 8.96. The van der Waals surface area contributed by atoms with E-state index in [2.05, 4.69) is 11.3 Å². The molecule has 0 unspecified atom stereocenters. The smallest absolute Gasteiger partial charge is 0.433 e. The number of hydrogen-bond acceptors (Lipinski definition) is 2. The van der Waals surface area contributed by atoms with Crippen LogP contribution in [0.5, 0.6) is 11.5 Å². The number of alkyl halides is 2. The summed E-state index contributed by atoms with van der Waals surface area (Å²) in [6.45, 7) is 2.44. The Morgan fingerprint density at radius 1 is 0.811 bits per heavy atom. The molecule has 4 rings (SSSR count). The molecule has 0 heterocycles. The zero-order valence-corrected chi connectivity index (χ0v) is 19.6. The monoisotopic (exact) mass is 524 g/mol. The zero-order chi connectivity index (χ0) is 26.7. The largest absolute Gasteiger partial charge is 0.480 e. The van der Waals surface area contributed by atoms with Crippen molar-refractivity contribution >= 4 is 0 Å². The van der Waals surface area contributed by atoms with Crippen molar-refractivity contribution in [2.24, 2.45) is 5.92 Å². The van der Waals surface area contributed by atoms with E-state index in [-0.39, 0.29) is 22.8 Å². The van der Waals surface area contributed by atoms with E-state index in [0.29, 0.717) is 24.1 Å². The Morgan fingerprint density at radius 3 is 2.08 bits per heavy atom. The average Bonchev–Trinajstić information content (AvgIpc) is 2.86. The van der Waals surface area contributed by atoms with Crippen LogP contribution >= 0.6 is 0 Å². The molecule has 0 amide bonds. The summed E-state index contributed by atoms with van der Waals surface area (Å²) >= 11 is 0. The Hall–Kier alpha value is -3.49. The third kappa shape index (κ3) is 6.26. The molecule has 0 saturated heterocycles. The number of rotatable bonds is 8. The fourth-order valence-corrected chi connectivity index (χ4v) is 4.44. The average molecular weight is 524 g/mol. The van der Waals surface area contributed by atoms with E-state index >= 15 is 0 Å². The molecular formula is C28H23F7O2. The van der Waals surface area contributed by atoms with Gasteiger partial charge in [-0.1, -0.05) is 12.1 Å². The number of benzene rings is 3. The van der Waals surface area contributed by atoms with Gasteiger partial charge in [0.2, 0.25) is 0 Å². The van der Waals surface area contributed by atoms with Crippen LogP contribution in [0.2, 0.25) is 0 Å². The lowest BCUT2D eigenvalue weighted by Gasteiger charge is -2.27. The SMILES string of the molecule is C=CC1CCC(c2ccc(OCC(F)(F)Oc3ccc(-c4cc(F)c(F)c(F)c4)c(F)c3)c(F)c2)CC1. The van der Waals surface area contributed by atoms with Gasteiger partial charge in [0.1, 0.15) is 11.6 Å². The van der Waals surface area contributed by atoms with E-state index in [9.17, 15) is 30.7 Å². The van der Waals surface area contributed by atoms with Crippen LogP contribution < -0.4 is 9.47 Å². The molecule has 0 radical (unpaired) electrons. The zero-order valence-electron chi connectivity index (χ0n) is 19.6. The predicted molar refractivity (Wildman–Crippen MR) is 124 cm³/mol. The van der Waals surface area contributed by atoms with E-state index < -0.39 is 47.6 Å². The van der Waals surface area contributed by atoms with Crippen LogP contribution in [0.25, 0.3) is 11.1 Å². The molecule has 37 heavy (non-hydrogen) atoms. The van der Waals surface area contributed by atoms with Crippen LogP contribution in [0.1, 0.15) is 37.2 Å². The van der Waals surface area contributed by atoms with E-state index in [0.717, 1.165) is 43.4 Å². The molecule has 1 aliphatic carbocycles. The molecule has 1 saturated carbocycles. The Morgan fingerprint density at radius 2 is 1.49 bits per heavy atom. The maximum Gasteiger partial charge on any atom is 0.433 e. The molecule has 0 atom stereocenters. The lowest BCUT2D eigenvalue weighted by molar-refractivity contribution is -0.195. The quantitative estimate of drug-likeness (QED) is 0.167. The second-order valence-corrected chi connectivity index (χ2v) is 8.96. The fraction of sp³-hybridized carbons (Fsp3) is 0.286. The molecule has 3 aromatic rings. The standard InChI is InChI=1S/C28H23F7O2/c1-2-16-3-5-17(6-4-16)18-7-10-26(23(30)11-18)36-15-28(34,35)37-20-8-9-21(22(29)14-20)19-12-24(31)27(33)25(32)13-19/h2,7-14,16-17H,1,3-6,15H2. The molecule has 196 valence electrons. The fourth-order valence-electron chi connectivity index (χ4n) is 4.44. The van der Waals surface area contributed by atoms with Crippen molar-refractivity contribution in [2.45, 2.75) is 37.7 Å². The van der Waals surface area contributed by atoms with Crippen molar-refractivity contribution < 1.29 is 40.2 Å². The Labute approximate surface area is 209 Å². The van der Waals surface area contributed by atoms with E-state index in [1.54, 1.807) is 6.07 Å². The topological polar surface area (TPSA) is 18.5 Å². The Kier molecular flexibility index (Phi) is 7.80. The highest BCUT2D eigenvalue weighted by molar-refractivity contribution is 5.65. The van der Waals surface area contributed by atoms with Gasteiger partial charge in [-0.05, 0) is 85.0 Å². The minimum absolute atomic E-state index is 0.172. The predicted octanol–water partition coefficient (Wildman–Crippen LogP) is 8.56. The van der Waals surface area contributed by atoms with Crippen molar-refractivity contribution in [2.75, 3.05) is 6.61 Å². The summed E-state index contributed by atoms with van der Waals surface area (Å²) in [6, 6.07) is 7.84. The maximum absolute atomic E-state index is 14.5. The first-order chi connectivity index (χ1) is 17.6. The third-order valence-corrected chi connectivity index (χ3v) is 6.43. The summed E-state index contributed by atoms with van der Waals surface area (Å²) in [7, 11) is 0. The summed E-state index contributed by atoms with van der Waals surface area (Å²) in [5.41, 5.74) is 0.0833. The maximum atomic E-state index is 14.5. The highest BCUT2D eigenvalue weighted by Gasteiger charge is 2.34. The lowest BCUT2D eigenvalue weighted by atomic mass is 9.79. The summed E-state index contributed by atoms with van der Waals surface area (Å²) in [5, 5.41) is 0. The Bertz CT molecular complexity index is 1260. The van der Waals surface area contributed by atoms with Gasteiger partial charge in [0.25, 0.3) is 0 Å². The lowest BCUT2D eigenvalue weighted by Crippen LogP contribution is -2.32. The summed E-state index contributed by atoms with van der Waals surface area (Å²) < 4.78 is 107. The molecule has 1 aliphatic rings. The minimum Gasteiger partial charge on any atom is -0.480 e. The molecule has 0 aliphatic heterocycles.